The smallest absolute Gasteiger partial charge is 0.258 e. The Morgan fingerprint density at radius 3 is 2.60 bits per heavy atom. The molecule has 0 bridgehead atoms. The number of benzene rings is 1. The zero-order valence-corrected chi connectivity index (χ0v) is 18.1. The van der Waals surface area contributed by atoms with Gasteiger partial charge in [0, 0.05) is 25.4 Å². The van der Waals surface area contributed by atoms with E-state index in [1.165, 1.54) is 17.3 Å². The first-order valence-electron chi connectivity index (χ1n) is 10.2. The van der Waals surface area contributed by atoms with E-state index in [0.717, 1.165) is 44.0 Å². The summed E-state index contributed by atoms with van der Waals surface area (Å²) >= 11 is 1.54. The monoisotopic (exact) mass is 426 g/mol. The topological polar surface area (TPSA) is 93.9 Å². The molecule has 0 saturated carbocycles. The van der Waals surface area contributed by atoms with Crippen LogP contribution in [0.5, 0.6) is 5.75 Å². The van der Waals surface area contributed by atoms with E-state index >= 15 is 0 Å². The van der Waals surface area contributed by atoms with Crippen LogP contribution < -0.4 is 15.0 Å². The van der Waals surface area contributed by atoms with Crippen LogP contribution in [-0.2, 0) is 0 Å². The summed E-state index contributed by atoms with van der Waals surface area (Å²) in [7, 11) is 0. The molecule has 0 spiro atoms. The van der Waals surface area contributed by atoms with Crippen molar-refractivity contribution < 1.29 is 4.74 Å². The molecule has 1 aliphatic heterocycles. The average molecular weight is 427 g/mol. The molecule has 10 heteroatoms. The van der Waals surface area contributed by atoms with Crippen LogP contribution in [0.25, 0.3) is 5.95 Å². The molecule has 9 nitrogen and oxygen atoms in total. The Morgan fingerprint density at radius 2 is 1.83 bits per heavy atom. The molecule has 3 heterocycles. The molecule has 1 fully saturated rings. The first-order chi connectivity index (χ1) is 14.7. The van der Waals surface area contributed by atoms with Crippen molar-refractivity contribution in [1.29, 1.82) is 0 Å². The summed E-state index contributed by atoms with van der Waals surface area (Å²) in [6.45, 7) is 7.33. The second-order valence-corrected chi connectivity index (χ2v) is 8.03. The number of nitrogens with zero attached hydrogens (tertiary/aromatic N) is 7. The summed E-state index contributed by atoms with van der Waals surface area (Å²) in [6.07, 6.45) is 3.96. The highest BCUT2D eigenvalue weighted by molar-refractivity contribution is 7.99. The Morgan fingerprint density at radius 1 is 1.07 bits per heavy atom. The Kier molecular flexibility index (Phi) is 6.63. The van der Waals surface area contributed by atoms with E-state index in [-0.39, 0.29) is 0 Å². The standard InChI is InChI=1S/C20H26N8OS/c1-3-21-17-23-18(27-10-4-5-11-27)25-19(24-17)28-14-22-20(26-28)30-13-12-29-16-8-6-15(2)7-9-16/h6-9,14H,3-5,10-13H2,1-2H3,(H,21,23,24,25). The number of ether oxygens (including phenoxy) is 1. The van der Waals surface area contributed by atoms with Crippen LogP contribution >= 0.6 is 11.8 Å². The minimum Gasteiger partial charge on any atom is -0.493 e. The molecule has 2 aromatic heterocycles. The van der Waals surface area contributed by atoms with E-state index in [0.29, 0.717) is 29.6 Å². The van der Waals surface area contributed by atoms with Crippen molar-refractivity contribution in [2.45, 2.75) is 31.8 Å². The van der Waals surface area contributed by atoms with Crippen molar-refractivity contribution >= 4 is 23.7 Å². The summed E-state index contributed by atoms with van der Waals surface area (Å²) in [5.74, 6) is 3.33. The van der Waals surface area contributed by atoms with Gasteiger partial charge in [-0.2, -0.15) is 19.6 Å². The molecule has 1 aromatic carbocycles. The maximum absolute atomic E-state index is 5.76. The normalized spacial score (nSPS) is 13.6. The van der Waals surface area contributed by atoms with Crippen molar-refractivity contribution in [2.75, 3.05) is 42.2 Å². The van der Waals surface area contributed by atoms with E-state index < -0.39 is 0 Å². The number of aryl methyl sites for hydroxylation is 1. The van der Waals surface area contributed by atoms with E-state index in [1.807, 2.05) is 31.2 Å². The highest BCUT2D eigenvalue weighted by Gasteiger charge is 2.18. The third kappa shape index (κ3) is 5.18. The van der Waals surface area contributed by atoms with E-state index in [4.69, 9.17) is 4.74 Å². The fourth-order valence-electron chi connectivity index (χ4n) is 3.09. The number of hydrogen-bond acceptors (Lipinski definition) is 9. The second-order valence-electron chi connectivity index (χ2n) is 6.97. The fraction of sp³-hybridized carbons (Fsp3) is 0.450. The third-order valence-electron chi connectivity index (χ3n) is 4.62. The lowest BCUT2D eigenvalue weighted by atomic mass is 10.2. The summed E-state index contributed by atoms with van der Waals surface area (Å²) in [5, 5.41) is 8.36. The fourth-order valence-corrected chi connectivity index (χ4v) is 3.71. The maximum Gasteiger partial charge on any atom is 0.258 e. The minimum absolute atomic E-state index is 0.470. The zero-order chi connectivity index (χ0) is 20.8. The predicted octanol–water partition coefficient (Wildman–Crippen LogP) is 2.96. The predicted molar refractivity (Wildman–Crippen MR) is 118 cm³/mol. The van der Waals surface area contributed by atoms with Crippen LogP contribution in [0.1, 0.15) is 25.3 Å². The van der Waals surface area contributed by atoms with Gasteiger partial charge in [-0.15, -0.1) is 5.10 Å². The maximum atomic E-state index is 5.76. The molecule has 1 saturated heterocycles. The third-order valence-corrected chi connectivity index (χ3v) is 5.43. The summed E-state index contributed by atoms with van der Waals surface area (Å²) in [6, 6.07) is 8.04. The number of thioether (sulfide) groups is 1. The lowest BCUT2D eigenvalue weighted by Crippen LogP contribution is -2.22. The van der Waals surface area contributed by atoms with Crippen molar-refractivity contribution in [3.63, 3.8) is 0 Å². The van der Waals surface area contributed by atoms with Gasteiger partial charge in [0.1, 0.15) is 12.1 Å². The average Bonchev–Trinajstić information content (AvgIpc) is 3.45. The van der Waals surface area contributed by atoms with Crippen molar-refractivity contribution in [1.82, 2.24) is 29.7 Å². The van der Waals surface area contributed by atoms with Crippen LogP contribution in [0.3, 0.4) is 0 Å². The number of hydrogen-bond donors (Lipinski definition) is 1. The minimum atomic E-state index is 0.470. The first kappa shape index (κ1) is 20.4. The van der Waals surface area contributed by atoms with E-state index in [2.05, 4.69) is 42.2 Å². The Hall–Kier alpha value is -2.88. The number of aromatic nitrogens is 6. The largest absolute Gasteiger partial charge is 0.493 e. The molecule has 0 atom stereocenters. The molecule has 158 valence electrons. The van der Waals surface area contributed by atoms with Crippen LogP contribution in [0.2, 0.25) is 0 Å². The number of nitrogens with one attached hydrogen (secondary N) is 1. The van der Waals surface area contributed by atoms with Gasteiger partial charge in [-0.3, -0.25) is 0 Å². The van der Waals surface area contributed by atoms with Gasteiger partial charge < -0.3 is 15.0 Å². The first-order valence-corrected chi connectivity index (χ1v) is 11.2. The molecule has 0 unspecified atom stereocenters. The lowest BCUT2D eigenvalue weighted by molar-refractivity contribution is 0.344. The molecular formula is C20H26N8OS. The highest BCUT2D eigenvalue weighted by Crippen LogP contribution is 2.19. The molecule has 4 rings (SSSR count). The highest BCUT2D eigenvalue weighted by atomic mass is 32.2. The van der Waals surface area contributed by atoms with Crippen molar-refractivity contribution in [3.05, 3.63) is 36.2 Å². The van der Waals surface area contributed by atoms with Crippen LogP contribution in [0.15, 0.2) is 35.7 Å². The van der Waals surface area contributed by atoms with Crippen molar-refractivity contribution in [3.8, 4) is 11.7 Å². The van der Waals surface area contributed by atoms with Gasteiger partial charge in [-0.25, -0.2) is 4.98 Å². The quantitative estimate of drug-likeness (QED) is 0.409. The van der Waals surface area contributed by atoms with Crippen LogP contribution in [0, 0.1) is 6.92 Å². The Bertz CT molecular complexity index is 956. The molecule has 1 N–H and O–H groups in total. The Balaban J connectivity index is 1.39. The molecule has 1 aliphatic rings. The molecule has 0 amide bonds. The lowest BCUT2D eigenvalue weighted by Gasteiger charge is -2.16. The SMILES string of the molecule is CCNc1nc(N2CCCC2)nc(-n2cnc(SCCOc3ccc(C)cc3)n2)n1. The van der Waals surface area contributed by atoms with Gasteiger partial charge >= 0.3 is 0 Å². The van der Waals surface area contributed by atoms with Crippen LogP contribution in [-0.4, -0.2) is 61.7 Å². The van der Waals surface area contributed by atoms with Gasteiger partial charge in [0.05, 0.1) is 6.61 Å². The van der Waals surface area contributed by atoms with Gasteiger partial charge in [-0.1, -0.05) is 29.5 Å². The second kappa shape index (κ2) is 9.75. The molecule has 3 aromatic rings. The van der Waals surface area contributed by atoms with E-state index in [1.54, 1.807) is 11.0 Å². The number of rotatable bonds is 9. The van der Waals surface area contributed by atoms with E-state index in [9.17, 15) is 0 Å². The van der Waals surface area contributed by atoms with Crippen molar-refractivity contribution in [2.24, 2.45) is 0 Å². The zero-order valence-electron chi connectivity index (χ0n) is 17.3. The van der Waals surface area contributed by atoms with Gasteiger partial charge in [0.25, 0.3) is 5.95 Å². The molecule has 0 radical (unpaired) electrons. The summed E-state index contributed by atoms with van der Waals surface area (Å²) in [5.41, 5.74) is 1.22. The molecular weight excluding hydrogens is 400 g/mol. The van der Waals surface area contributed by atoms with Crippen LogP contribution in [0.4, 0.5) is 11.9 Å². The number of anilines is 2. The molecule has 0 aliphatic carbocycles. The molecule has 30 heavy (non-hydrogen) atoms. The summed E-state index contributed by atoms with van der Waals surface area (Å²) in [4.78, 5) is 20.2. The Labute approximate surface area is 180 Å². The van der Waals surface area contributed by atoms with Gasteiger partial charge in [0.2, 0.25) is 17.1 Å². The van der Waals surface area contributed by atoms with Gasteiger partial charge in [-0.05, 0) is 38.8 Å². The summed E-state index contributed by atoms with van der Waals surface area (Å²) < 4.78 is 7.36. The van der Waals surface area contributed by atoms with Gasteiger partial charge in [0.15, 0.2) is 0 Å².